The Labute approximate surface area is 170 Å². The first-order valence-corrected chi connectivity index (χ1v) is 11.0. The fourth-order valence-corrected chi connectivity index (χ4v) is 4.94. The third kappa shape index (κ3) is 4.23. The van der Waals surface area contributed by atoms with Crippen LogP contribution >= 0.6 is 0 Å². The van der Waals surface area contributed by atoms with Crippen LogP contribution in [0.4, 0.5) is 5.69 Å². The molecule has 4 rings (SSSR count). The predicted octanol–water partition coefficient (Wildman–Crippen LogP) is 3.30. The van der Waals surface area contributed by atoms with Crippen molar-refractivity contribution in [1.29, 1.82) is 0 Å². The van der Waals surface area contributed by atoms with Gasteiger partial charge in [0, 0.05) is 36.7 Å². The summed E-state index contributed by atoms with van der Waals surface area (Å²) in [5, 5.41) is 6.94. The lowest BCUT2D eigenvalue weighted by molar-refractivity contribution is 0.102. The minimum Gasteiger partial charge on any atom is -0.322 e. The van der Waals surface area contributed by atoms with Crippen molar-refractivity contribution in [3.63, 3.8) is 0 Å². The van der Waals surface area contributed by atoms with Crippen molar-refractivity contribution in [3.05, 3.63) is 72.6 Å². The number of benzene rings is 2. The van der Waals surface area contributed by atoms with E-state index < -0.39 is 10.0 Å². The van der Waals surface area contributed by atoms with Crippen LogP contribution in [0.15, 0.2) is 71.9 Å². The Kier molecular flexibility index (Phi) is 5.46. The number of amides is 1. The first-order chi connectivity index (χ1) is 14.0. The highest BCUT2D eigenvalue weighted by Crippen LogP contribution is 2.23. The number of nitrogens with zero attached hydrogens (tertiary/aromatic N) is 3. The number of aromatic nitrogens is 2. The highest BCUT2D eigenvalue weighted by Gasteiger charge is 2.26. The summed E-state index contributed by atoms with van der Waals surface area (Å²) in [6.07, 6.45) is 6.32. The second-order valence-electron chi connectivity index (χ2n) is 6.94. The van der Waals surface area contributed by atoms with Crippen molar-refractivity contribution in [2.45, 2.75) is 24.2 Å². The molecule has 1 aliphatic heterocycles. The topological polar surface area (TPSA) is 84.3 Å². The Morgan fingerprint density at radius 1 is 0.966 bits per heavy atom. The Balaban J connectivity index is 1.49. The minimum absolute atomic E-state index is 0.200. The van der Waals surface area contributed by atoms with Crippen molar-refractivity contribution in [2.24, 2.45) is 0 Å². The van der Waals surface area contributed by atoms with Gasteiger partial charge in [0.25, 0.3) is 5.91 Å². The molecule has 0 unspecified atom stereocenters. The largest absolute Gasteiger partial charge is 0.322 e. The molecular weight excluding hydrogens is 388 g/mol. The van der Waals surface area contributed by atoms with E-state index >= 15 is 0 Å². The summed E-state index contributed by atoms with van der Waals surface area (Å²) in [5.74, 6) is -0.301. The molecular formula is C21H22N4O3S. The number of carbonyl (C=O) groups excluding carboxylic acids is 1. The van der Waals surface area contributed by atoms with Gasteiger partial charge in [-0.05, 0) is 61.4 Å². The SMILES string of the molecule is O=C(Nc1cccc(S(=O)(=O)N2CCCCC2)c1)c1ccc(-n2cccn2)cc1. The molecule has 0 radical (unpaired) electrons. The van der Waals surface area contributed by atoms with Crippen LogP contribution in [0.2, 0.25) is 0 Å². The van der Waals surface area contributed by atoms with E-state index in [4.69, 9.17) is 0 Å². The fourth-order valence-electron chi connectivity index (χ4n) is 3.38. The number of sulfonamides is 1. The van der Waals surface area contributed by atoms with Gasteiger partial charge in [0.15, 0.2) is 0 Å². The lowest BCUT2D eigenvalue weighted by atomic mass is 10.2. The maximum absolute atomic E-state index is 12.9. The average molecular weight is 410 g/mol. The van der Waals surface area contributed by atoms with Gasteiger partial charge in [0.2, 0.25) is 10.0 Å². The fraction of sp³-hybridized carbons (Fsp3) is 0.238. The van der Waals surface area contributed by atoms with Crippen molar-refractivity contribution in [1.82, 2.24) is 14.1 Å². The number of carbonyl (C=O) groups is 1. The summed E-state index contributed by atoms with van der Waals surface area (Å²) in [6, 6.07) is 15.3. The number of piperidine rings is 1. The van der Waals surface area contributed by atoms with E-state index in [0.29, 0.717) is 24.3 Å². The van der Waals surface area contributed by atoms with Crippen LogP contribution in [0.1, 0.15) is 29.6 Å². The molecule has 0 saturated carbocycles. The smallest absolute Gasteiger partial charge is 0.255 e. The second kappa shape index (κ2) is 8.18. The zero-order valence-corrected chi connectivity index (χ0v) is 16.7. The highest BCUT2D eigenvalue weighted by atomic mass is 32.2. The van der Waals surface area contributed by atoms with Crippen molar-refractivity contribution < 1.29 is 13.2 Å². The Morgan fingerprint density at radius 3 is 2.41 bits per heavy atom. The molecule has 0 spiro atoms. The summed E-state index contributed by atoms with van der Waals surface area (Å²) in [5.41, 5.74) is 1.77. The standard InChI is InChI=1S/C21H22N4O3S/c26-21(17-8-10-19(11-9-17)25-15-5-12-22-25)23-18-6-4-7-20(16-18)29(27,28)24-13-2-1-3-14-24/h4-12,15-16H,1-3,13-14H2,(H,23,26). The molecule has 1 aliphatic rings. The van der Waals surface area contributed by atoms with Gasteiger partial charge >= 0.3 is 0 Å². The molecule has 2 heterocycles. The van der Waals surface area contributed by atoms with Gasteiger partial charge in [-0.2, -0.15) is 9.40 Å². The molecule has 150 valence electrons. The molecule has 1 saturated heterocycles. The number of hydrogen-bond donors (Lipinski definition) is 1. The highest BCUT2D eigenvalue weighted by molar-refractivity contribution is 7.89. The third-order valence-electron chi connectivity index (χ3n) is 4.94. The summed E-state index contributed by atoms with van der Waals surface area (Å²) in [6.45, 7) is 1.09. The maximum Gasteiger partial charge on any atom is 0.255 e. The Hall–Kier alpha value is -2.97. The van der Waals surface area contributed by atoms with E-state index in [2.05, 4.69) is 10.4 Å². The van der Waals surface area contributed by atoms with Crippen LogP contribution < -0.4 is 5.32 Å². The third-order valence-corrected chi connectivity index (χ3v) is 6.84. The molecule has 1 amide bonds. The normalized spacial score (nSPS) is 15.2. The second-order valence-corrected chi connectivity index (χ2v) is 8.88. The maximum atomic E-state index is 12.9. The number of anilines is 1. The molecule has 29 heavy (non-hydrogen) atoms. The molecule has 2 aromatic carbocycles. The van der Waals surface area contributed by atoms with Gasteiger partial charge in [0.1, 0.15) is 0 Å². The molecule has 1 N–H and O–H groups in total. The molecule has 7 nitrogen and oxygen atoms in total. The lowest BCUT2D eigenvalue weighted by Gasteiger charge is -2.26. The minimum atomic E-state index is -3.54. The zero-order chi connectivity index (χ0) is 20.3. The Bertz CT molecular complexity index is 1090. The molecule has 0 bridgehead atoms. The van der Waals surface area contributed by atoms with Crippen molar-refractivity contribution in [2.75, 3.05) is 18.4 Å². The summed E-state index contributed by atoms with van der Waals surface area (Å²) < 4.78 is 28.9. The van der Waals surface area contributed by atoms with Crippen LogP contribution in [0.5, 0.6) is 0 Å². The first kappa shape index (κ1) is 19.4. The van der Waals surface area contributed by atoms with E-state index in [1.807, 2.05) is 12.3 Å². The zero-order valence-electron chi connectivity index (χ0n) is 15.9. The first-order valence-electron chi connectivity index (χ1n) is 9.56. The van der Waals surface area contributed by atoms with Gasteiger partial charge in [0.05, 0.1) is 10.6 Å². The van der Waals surface area contributed by atoms with Crippen molar-refractivity contribution >= 4 is 21.6 Å². The van der Waals surface area contributed by atoms with Crippen LogP contribution in [0, 0.1) is 0 Å². The van der Waals surface area contributed by atoms with Gasteiger partial charge in [-0.25, -0.2) is 13.1 Å². The molecule has 0 atom stereocenters. The monoisotopic (exact) mass is 410 g/mol. The van der Waals surface area contributed by atoms with Gasteiger partial charge in [-0.3, -0.25) is 4.79 Å². The van der Waals surface area contributed by atoms with E-state index in [1.165, 1.54) is 10.4 Å². The number of nitrogens with one attached hydrogen (secondary N) is 1. The van der Waals surface area contributed by atoms with Crippen LogP contribution in [-0.4, -0.2) is 41.5 Å². The molecule has 8 heteroatoms. The number of rotatable bonds is 5. The van der Waals surface area contributed by atoms with E-state index in [1.54, 1.807) is 53.3 Å². The molecule has 1 aromatic heterocycles. The van der Waals surface area contributed by atoms with E-state index in [0.717, 1.165) is 24.9 Å². The van der Waals surface area contributed by atoms with E-state index in [-0.39, 0.29) is 10.8 Å². The van der Waals surface area contributed by atoms with Gasteiger partial charge in [-0.15, -0.1) is 0 Å². The summed E-state index contributed by atoms with van der Waals surface area (Å²) in [4.78, 5) is 12.8. The van der Waals surface area contributed by atoms with Gasteiger partial charge in [-0.1, -0.05) is 12.5 Å². The average Bonchev–Trinajstić information content (AvgIpc) is 3.30. The van der Waals surface area contributed by atoms with Gasteiger partial charge < -0.3 is 5.32 Å². The molecule has 3 aromatic rings. The Morgan fingerprint density at radius 2 is 1.72 bits per heavy atom. The quantitative estimate of drug-likeness (QED) is 0.699. The lowest BCUT2D eigenvalue weighted by Crippen LogP contribution is -2.35. The van der Waals surface area contributed by atoms with Crippen LogP contribution in [0.25, 0.3) is 5.69 Å². The van der Waals surface area contributed by atoms with E-state index in [9.17, 15) is 13.2 Å². The van der Waals surface area contributed by atoms with Crippen LogP contribution in [0.3, 0.4) is 0 Å². The summed E-state index contributed by atoms with van der Waals surface area (Å²) >= 11 is 0. The van der Waals surface area contributed by atoms with Crippen LogP contribution in [-0.2, 0) is 10.0 Å². The molecule has 1 fully saturated rings. The summed E-state index contributed by atoms with van der Waals surface area (Å²) in [7, 11) is -3.54. The predicted molar refractivity (Wildman–Crippen MR) is 111 cm³/mol. The van der Waals surface area contributed by atoms with Crippen molar-refractivity contribution in [3.8, 4) is 5.69 Å². The number of hydrogen-bond acceptors (Lipinski definition) is 4. The molecule has 0 aliphatic carbocycles.